The number of hydrogen-bond acceptors (Lipinski definition) is 5. The normalized spacial score (nSPS) is 11.8. The summed E-state index contributed by atoms with van der Waals surface area (Å²) in [4.78, 5) is 35.6. The second kappa shape index (κ2) is 10.3. The Kier molecular flexibility index (Phi) is 8.41. The van der Waals surface area contributed by atoms with Crippen molar-refractivity contribution < 1.29 is 23.9 Å². The Morgan fingerprint density at radius 3 is 2.27 bits per heavy atom. The predicted octanol–water partition coefficient (Wildman–Crippen LogP) is 1.94. The molecule has 8 heteroatoms. The highest BCUT2D eigenvalue weighted by Gasteiger charge is 2.24. The van der Waals surface area contributed by atoms with Gasteiger partial charge in [0.15, 0.2) is 0 Å². The summed E-state index contributed by atoms with van der Waals surface area (Å²) in [6.07, 6.45) is -1.12. The predicted molar refractivity (Wildman–Crippen MR) is 96.5 cm³/mol. The molecule has 1 rings (SSSR count). The molecule has 3 N–H and O–H groups in total. The molecule has 0 bridgehead atoms. The minimum atomic E-state index is -0.856. The lowest BCUT2D eigenvalue weighted by molar-refractivity contribution is -0.123. The molecule has 0 aliphatic rings. The van der Waals surface area contributed by atoms with Crippen molar-refractivity contribution in [2.45, 2.75) is 45.4 Å². The van der Waals surface area contributed by atoms with Crippen LogP contribution in [0.3, 0.4) is 0 Å². The van der Waals surface area contributed by atoms with Gasteiger partial charge in [0, 0.05) is 13.1 Å². The Morgan fingerprint density at radius 1 is 1.04 bits per heavy atom. The third-order valence-corrected chi connectivity index (χ3v) is 3.20. The average molecular weight is 365 g/mol. The van der Waals surface area contributed by atoms with Crippen molar-refractivity contribution >= 4 is 18.1 Å². The number of benzene rings is 1. The largest absolute Gasteiger partial charge is 0.453 e. The summed E-state index contributed by atoms with van der Waals surface area (Å²) >= 11 is 0. The van der Waals surface area contributed by atoms with Crippen LogP contribution in [0.1, 0.15) is 32.8 Å². The Labute approximate surface area is 153 Å². The molecule has 144 valence electrons. The van der Waals surface area contributed by atoms with Gasteiger partial charge in [0.05, 0.1) is 7.11 Å². The van der Waals surface area contributed by atoms with Crippen molar-refractivity contribution in [2.75, 3.05) is 13.7 Å². The zero-order valence-corrected chi connectivity index (χ0v) is 15.6. The summed E-state index contributed by atoms with van der Waals surface area (Å²) in [5.41, 5.74) is 0.254. The number of hydrogen-bond donors (Lipinski definition) is 3. The van der Waals surface area contributed by atoms with Gasteiger partial charge in [-0.05, 0) is 32.8 Å². The van der Waals surface area contributed by atoms with Gasteiger partial charge in [-0.2, -0.15) is 0 Å². The van der Waals surface area contributed by atoms with Crippen LogP contribution in [0, 0.1) is 0 Å². The molecule has 0 aliphatic carbocycles. The molecule has 1 aromatic carbocycles. The van der Waals surface area contributed by atoms with Crippen molar-refractivity contribution in [3.63, 3.8) is 0 Å². The molecule has 0 fully saturated rings. The van der Waals surface area contributed by atoms with E-state index >= 15 is 0 Å². The first-order chi connectivity index (χ1) is 12.2. The van der Waals surface area contributed by atoms with Crippen LogP contribution in [0.5, 0.6) is 0 Å². The summed E-state index contributed by atoms with van der Waals surface area (Å²) in [5.74, 6) is -0.369. The quantitative estimate of drug-likeness (QED) is 0.685. The second-order valence-electron chi connectivity index (χ2n) is 6.61. The standard InChI is InChI=1S/C18H27N3O5/c1-18(2,3)26-17(24)21-14(10-11-19-16(23)25-4)15(22)20-12-13-8-6-5-7-9-13/h5-9,14H,10-12H2,1-4H3,(H,19,23)(H,20,22)(H,21,24). The van der Waals surface area contributed by atoms with E-state index in [9.17, 15) is 14.4 Å². The van der Waals surface area contributed by atoms with Crippen molar-refractivity contribution in [2.24, 2.45) is 0 Å². The third-order valence-electron chi connectivity index (χ3n) is 3.20. The summed E-state index contributed by atoms with van der Waals surface area (Å²) < 4.78 is 9.67. The van der Waals surface area contributed by atoms with Gasteiger partial charge in [0.1, 0.15) is 11.6 Å². The first-order valence-corrected chi connectivity index (χ1v) is 8.34. The lowest BCUT2D eigenvalue weighted by atomic mass is 10.1. The number of rotatable bonds is 7. The average Bonchev–Trinajstić information content (AvgIpc) is 2.57. The lowest BCUT2D eigenvalue weighted by Gasteiger charge is -2.23. The van der Waals surface area contributed by atoms with Gasteiger partial charge >= 0.3 is 12.2 Å². The van der Waals surface area contributed by atoms with Gasteiger partial charge in [-0.25, -0.2) is 9.59 Å². The van der Waals surface area contributed by atoms with E-state index in [4.69, 9.17) is 4.74 Å². The topological polar surface area (TPSA) is 106 Å². The van der Waals surface area contributed by atoms with Crippen molar-refractivity contribution in [3.8, 4) is 0 Å². The smallest absolute Gasteiger partial charge is 0.408 e. The van der Waals surface area contributed by atoms with E-state index in [1.807, 2.05) is 30.3 Å². The Hall–Kier alpha value is -2.77. The van der Waals surface area contributed by atoms with E-state index in [0.717, 1.165) is 5.56 Å². The van der Waals surface area contributed by atoms with Crippen LogP contribution in [-0.2, 0) is 20.8 Å². The van der Waals surface area contributed by atoms with Crippen LogP contribution in [0.2, 0.25) is 0 Å². The van der Waals surface area contributed by atoms with Gasteiger partial charge in [0.2, 0.25) is 5.91 Å². The SMILES string of the molecule is COC(=O)NCCC(NC(=O)OC(C)(C)C)C(=O)NCc1ccccc1. The zero-order chi connectivity index (χ0) is 19.6. The summed E-state index contributed by atoms with van der Waals surface area (Å²) in [6, 6.07) is 8.54. The number of methoxy groups -OCH3 is 1. The van der Waals surface area contributed by atoms with Gasteiger partial charge in [-0.3, -0.25) is 4.79 Å². The molecular formula is C18H27N3O5. The first-order valence-electron chi connectivity index (χ1n) is 8.34. The number of ether oxygens (including phenoxy) is 2. The molecule has 0 radical (unpaired) electrons. The minimum Gasteiger partial charge on any atom is -0.453 e. The Balaban J connectivity index is 2.63. The van der Waals surface area contributed by atoms with Crippen molar-refractivity contribution in [3.05, 3.63) is 35.9 Å². The van der Waals surface area contributed by atoms with Crippen LogP contribution in [0.25, 0.3) is 0 Å². The molecule has 0 saturated carbocycles. The highest BCUT2D eigenvalue weighted by Crippen LogP contribution is 2.07. The molecule has 26 heavy (non-hydrogen) atoms. The second-order valence-corrected chi connectivity index (χ2v) is 6.61. The van der Waals surface area contributed by atoms with E-state index in [2.05, 4.69) is 20.7 Å². The van der Waals surface area contributed by atoms with E-state index < -0.39 is 23.8 Å². The molecule has 8 nitrogen and oxygen atoms in total. The molecule has 3 amide bonds. The van der Waals surface area contributed by atoms with Gasteiger partial charge in [0.25, 0.3) is 0 Å². The van der Waals surface area contributed by atoms with E-state index in [-0.39, 0.29) is 18.9 Å². The lowest BCUT2D eigenvalue weighted by Crippen LogP contribution is -2.49. The fourth-order valence-corrected chi connectivity index (χ4v) is 2.02. The van der Waals surface area contributed by atoms with Crippen molar-refractivity contribution in [1.29, 1.82) is 0 Å². The number of nitrogens with one attached hydrogen (secondary N) is 3. The molecule has 0 saturated heterocycles. The summed E-state index contributed by atoms with van der Waals surface area (Å²) in [7, 11) is 1.25. The maximum absolute atomic E-state index is 12.4. The van der Waals surface area contributed by atoms with Gasteiger partial charge in [-0.15, -0.1) is 0 Å². The highest BCUT2D eigenvalue weighted by molar-refractivity contribution is 5.85. The number of carbonyl (C=O) groups is 3. The summed E-state index contributed by atoms with van der Waals surface area (Å²) in [5, 5.41) is 7.78. The van der Waals surface area contributed by atoms with E-state index in [1.165, 1.54) is 7.11 Å². The van der Waals surface area contributed by atoms with E-state index in [1.54, 1.807) is 20.8 Å². The number of alkyl carbamates (subject to hydrolysis) is 2. The molecule has 1 unspecified atom stereocenters. The zero-order valence-electron chi connectivity index (χ0n) is 15.6. The van der Waals surface area contributed by atoms with Crippen LogP contribution in [0.15, 0.2) is 30.3 Å². The molecule has 0 heterocycles. The Morgan fingerprint density at radius 2 is 1.69 bits per heavy atom. The first kappa shape index (κ1) is 21.3. The number of carbonyl (C=O) groups excluding carboxylic acids is 3. The van der Waals surface area contributed by atoms with Gasteiger partial charge in [-0.1, -0.05) is 30.3 Å². The molecule has 0 aromatic heterocycles. The molecule has 1 atom stereocenters. The van der Waals surface area contributed by atoms with Crippen LogP contribution >= 0.6 is 0 Å². The highest BCUT2D eigenvalue weighted by atomic mass is 16.6. The van der Waals surface area contributed by atoms with Crippen LogP contribution in [0.4, 0.5) is 9.59 Å². The maximum atomic E-state index is 12.4. The fourth-order valence-electron chi connectivity index (χ4n) is 2.02. The molecule has 1 aromatic rings. The van der Waals surface area contributed by atoms with Gasteiger partial charge < -0.3 is 25.4 Å². The fraction of sp³-hybridized carbons (Fsp3) is 0.500. The van der Waals surface area contributed by atoms with E-state index in [0.29, 0.717) is 6.54 Å². The minimum absolute atomic E-state index is 0.159. The maximum Gasteiger partial charge on any atom is 0.408 e. The van der Waals surface area contributed by atoms with Crippen LogP contribution < -0.4 is 16.0 Å². The molecule has 0 spiro atoms. The molecular weight excluding hydrogens is 338 g/mol. The van der Waals surface area contributed by atoms with Crippen molar-refractivity contribution in [1.82, 2.24) is 16.0 Å². The summed E-state index contributed by atoms with van der Waals surface area (Å²) in [6.45, 7) is 5.68. The molecule has 0 aliphatic heterocycles. The Bertz CT molecular complexity index is 599. The van der Waals surface area contributed by atoms with Crippen LogP contribution in [-0.4, -0.2) is 43.4 Å². The number of amides is 3. The third kappa shape index (κ3) is 8.91. The monoisotopic (exact) mass is 365 g/mol.